The molecule has 0 N–H and O–H groups in total. The van der Waals surface area contributed by atoms with Crippen LogP contribution in [-0.2, 0) is 10.8 Å². The van der Waals surface area contributed by atoms with Gasteiger partial charge >= 0.3 is 0 Å². The van der Waals surface area contributed by atoms with Crippen LogP contribution < -0.4 is 0 Å². The molecule has 0 radical (unpaired) electrons. The average molecular weight is 1070 g/mol. The Labute approximate surface area is 487 Å². The van der Waals surface area contributed by atoms with Crippen molar-refractivity contribution < 1.29 is 0 Å². The van der Waals surface area contributed by atoms with E-state index in [-0.39, 0.29) is 11.3 Å². The van der Waals surface area contributed by atoms with E-state index >= 15 is 0 Å². The molecule has 12 aromatic carbocycles. The fraction of sp³-hybridized carbons (Fsp3) is 0.0625. The van der Waals surface area contributed by atoms with Crippen LogP contribution in [0.5, 0.6) is 0 Å². The van der Waals surface area contributed by atoms with Crippen molar-refractivity contribution in [3.05, 3.63) is 323 Å². The van der Waals surface area contributed by atoms with Crippen LogP contribution in [0.15, 0.2) is 273 Å². The van der Waals surface area contributed by atoms with E-state index in [9.17, 15) is 0 Å². The second kappa shape index (κ2) is 17.5. The van der Waals surface area contributed by atoms with E-state index in [1.165, 1.54) is 128 Å². The predicted molar refractivity (Wildman–Crippen MR) is 343 cm³/mol. The number of fused-ring (bicyclic) bond motifs is 20. The molecule has 0 aliphatic heterocycles. The number of para-hydroxylation sites is 1. The van der Waals surface area contributed by atoms with Gasteiger partial charge in [-0.2, -0.15) is 0 Å². The van der Waals surface area contributed by atoms with Gasteiger partial charge in [0.25, 0.3) is 0 Å². The second-order valence-electron chi connectivity index (χ2n) is 23.7. The van der Waals surface area contributed by atoms with Crippen molar-refractivity contribution in [2.75, 3.05) is 0 Å². The molecular weight excluding hydrogens is 1020 g/mol. The summed E-state index contributed by atoms with van der Waals surface area (Å²) in [5, 5.41) is 2.50. The quantitative estimate of drug-likeness (QED) is 0.167. The van der Waals surface area contributed by atoms with Crippen LogP contribution in [0.3, 0.4) is 0 Å². The topological polar surface area (TPSA) is 43.6 Å². The van der Waals surface area contributed by atoms with Gasteiger partial charge in [-0.15, -0.1) is 0 Å². The Morgan fingerprint density at radius 3 is 1.51 bits per heavy atom. The lowest BCUT2D eigenvalue weighted by molar-refractivity contribution is 0.661. The van der Waals surface area contributed by atoms with Gasteiger partial charge in [-0.1, -0.05) is 238 Å². The summed E-state index contributed by atoms with van der Waals surface area (Å²) in [7, 11) is 0. The predicted octanol–water partition coefficient (Wildman–Crippen LogP) is 19.4. The normalized spacial score (nSPS) is 14.9. The first-order valence-corrected chi connectivity index (χ1v) is 29.3. The summed E-state index contributed by atoms with van der Waals surface area (Å²) in [5.74, 6) is 1.82. The molecule has 14 aromatic rings. The third kappa shape index (κ3) is 6.45. The molecule has 1 atom stereocenters. The largest absolute Gasteiger partial charge is 0.309 e. The Hall–Kier alpha value is -10.6. The number of hydrogen-bond acceptors (Lipinski definition) is 3. The van der Waals surface area contributed by atoms with E-state index in [0.29, 0.717) is 17.5 Å². The highest BCUT2D eigenvalue weighted by Crippen LogP contribution is 2.66. The molecular formula is C80H52N4. The van der Waals surface area contributed by atoms with Gasteiger partial charge in [0, 0.05) is 44.5 Å². The zero-order valence-corrected chi connectivity index (χ0v) is 46.3. The Morgan fingerprint density at radius 1 is 0.321 bits per heavy atom. The first-order chi connectivity index (χ1) is 41.4. The fourth-order valence-electron chi connectivity index (χ4n) is 15.5. The third-order valence-corrected chi connectivity index (χ3v) is 19.1. The van der Waals surface area contributed by atoms with Gasteiger partial charge in [-0.05, 0) is 154 Å². The first-order valence-electron chi connectivity index (χ1n) is 29.3. The van der Waals surface area contributed by atoms with Crippen LogP contribution in [0.25, 0.3) is 117 Å². The summed E-state index contributed by atoms with van der Waals surface area (Å²) >= 11 is 0. The van der Waals surface area contributed by atoms with E-state index in [1.807, 2.05) is 36.4 Å². The molecule has 0 saturated heterocycles. The van der Waals surface area contributed by atoms with Crippen LogP contribution >= 0.6 is 0 Å². The molecule has 1 spiro atoms. The second-order valence-corrected chi connectivity index (χ2v) is 23.7. The van der Waals surface area contributed by atoms with E-state index < -0.39 is 5.41 Å². The molecule has 4 nitrogen and oxygen atoms in total. The molecule has 0 fully saturated rings. The highest BCUT2D eigenvalue weighted by atomic mass is 15.0. The van der Waals surface area contributed by atoms with Crippen LogP contribution in [0.2, 0.25) is 0 Å². The summed E-state index contributed by atoms with van der Waals surface area (Å²) < 4.78 is 2.47. The maximum Gasteiger partial charge on any atom is 0.164 e. The van der Waals surface area contributed by atoms with E-state index in [4.69, 9.17) is 15.0 Å². The number of aromatic nitrogens is 4. The highest BCUT2D eigenvalue weighted by Gasteiger charge is 2.53. The van der Waals surface area contributed by atoms with Crippen molar-refractivity contribution >= 4 is 21.8 Å². The summed E-state index contributed by atoms with van der Waals surface area (Å²) in [5.41, 5.74) is 30.5. The summed E-state index contributed by atoms with van der Waals surface area (Å²) in [6.07, 6.45) is 0. The molecule has 4 aliphatic carbocycles. The number of nitrogens with zero attached hydrogens (tertiary/aromatic N) is 4. The maximum absolute atomic E-state index is 5.25. The van der Waals surface area contributed by atoms with Gasteiger partial charge in [0.1, 0.15) is 0 Å². The van der Waals surface area contributed by atoms with E-state index in [0.717, 1.165) is 22.4 Å². The molecule has 1 unspecified atom stereocenters. The Bertz CT molecular complexity index is 5010. The van der Waals surface area contributed by atoms with Gasteiger partial charge < -0.3 is 4.57 Å². The van der Waals surface area contributed by atoms with Crippen molar-refractivity contribution in [1.82, 2.24) is 19.5 Å². The van der Waals surface area contributed by atoms with Crippen molar-refractivity contribution in [2.24, 2.45) is 0 Å². The minimum atomic E-state index is -0.487. The monoisotopic (exact) mass is 1070 g/mol. The van der Waals surface area contributed by atoms with E-state index in [1.54, 1.807) is 0 Å². The molecule has 4 aliphatic rings. The van der Waals surface area contributed by atoms with Gasteiger partial charge in [-0.3, -0.25) is 0 Å². The van der Waals surface area contributed by atoms with Gasteiger partial charge in [0.15, 0.2) is 17.5 Å². The summed E-state index contributed by atoms with van der Waals surface area (Å²) in [6.45, 7) is 4.75. The number of benzene rings is 12. The van der Waals surface area contributed by atoms with Gasteiger partial charge in [-0.25, -0.2) is 15.0 Å². The highest BCUT2D eigenvalue weighted by molar-refractivity contribution is 6.13. The van der Waals surface area contributed by atoms with Crippen LogP contribution in [0, 0.1) is 0 Å². The third-order valence-electron chi connectivity index (χ3n) is 19.1. The standard InChI is InChI=1S/C80H52N4/c1-79(2)65-33-16-12-31-57(65)62-46-64-63-45-51(38-42-71(63)84(72(64)47-70(62)79)54-27-10-5-11-28-54)50-37-39-58-61(44-50)59-40-41-69-74(60-32-15-19-36-68(60)80(69)66-34-17-13-29-55(66)56-30-14-18-35-67(56)80)75(59)73(58)52-25-20-26-53(43-52)78-82-76(48-21-6-3-7-22-48)81-77(83-78)49-23-8-4-9-24-49/h3-47,73H,1-2H3. The van der Waals surface area contributed by atoms with Gasteiger partial charge in [0.2, 0.25) is 0 Å². The average Bonchev–Trinajstić information content (AvgIpc) is 1.54. The molecule has 0 amide bonds. The van der Waals surface area contributed by atoms with Crippen molar-refractivity contribution in [2.45, 2.75) is 30.6 Å². The molecule has 4 heteroatoms. The lowest BCUT2D eigenvalue weighted by Gasteiger charge is -2.30. The molecule has 0 saturated carbocycles. The molecule has 84 heavy (non-hydrogen) atoms. The van der Waals surface area contributed by atoms with Crippen molar-refractivity contribution in [3.8, 4) is 95.5 Å². The number of hydrogen-bond donors (Lipinski definition) is 0. The Balaban J connectivity index is 0.863. The molecule has 0 bridgehead atoms. The minimum absolute atomic E-state index is 0.112. The first kappa shape index (κ1) is 47.1. The zero-order chi connectivity index (χ0) is 55.4. The maximum atomic E-state index is 5.25. The molecule has 18 rings (SSSR count). The Morgan fingerprint density at radius 2 is 0.845 bits per heavy atom. The Kier molecular flexibility index (Phi) is 9.81. The smallest absolute Gasteiger partial charge is 0.164 e. The van der Waals surface area contributed by atoms with E-state index in [2.05, 4.69) is 255 Å². The minimum Gasteiger partial charge on any atom is -0.309 e. The van der Waals surface area contributed by atoms with Crippen molar-refractivity contribution in [3.63, 3.8) is 0 Å². The summed E-state index contributed by atoms with van der Waals surface area (Å²) in [6, 6.07) is 101. The lowest BCUT2D eigenvalue weighted by Crippen LogP contribution is -2.25. The summed E-state index contributed by atoms with van der Waals surface area (Å²) in [4.78, 5) is 15.6. The van der Waals surface area contributed by atoms with Crippen molar-refractivity contribution in [1.29, 1.82) is 0 Å². The zero-order valence-electron chi connectivity index (χ0n) is 46.3. The van der Waals surface area contributed by atoms with Crippen LogP contribution in [0.4, 0.5) is 0 Å². The fourth-order valence-corrected chi connectivity index (χ4v) is 15.5. The van der Waals surface area contributed by atoms with Crippen LogP contribution in [-0.4, -0.2) is 19.5 Å². The number of rotatable bonds is 6. The van der Waals surface area contributed by atoms with Gasteiger partial charge in [0.05, 0.1) is 16.4 Å². The van der Waals surface area contributed by atoms with Crippen LogP contribution in [0.1, 0.15) is 69.8 Å². The lowest BCUT2D eigenvalue weighted by atomic mass is 9.70. The molecule has 392 valence electrons. The SMILES string of the molecule is CC1(C)c2ccccc2-c2cc3c4cc(-c5ccc6c(c5)-c5ccc7c(c5C6c5cccc(-c6nc(-c8ccccc8)nc(-c8ccccc8)n6)c5)-c5ccccc5C75c6ccccc6-c6ccccc65)ccc4n(-c4ccccc4)c3cc21. The molecule has 2 heterocycles. The molecule has 2 aromatic heterocycles.